The van der Waals surface area contributed by atoms with E-state index in [1.807, 2.05) is 25.1 Å². The number of ether oxygens (including phenoxy) is 1. The maximum Gasteiger partial charge on any atom is 0.573 e. The van der Waals surface area contributed by atoms with E-state index in [0.717, 1.165) is 42.9 Å². The Morgan fingerprint density at radius 3 is 2.40 bits per heavy atom. The molecule has 0 amide bonds. The Morgan fingerprint density at radius 2 is 1.73 bits per heavy atom. The van der Waals surface area contributed by atoms with Crippen molar-refractivity contribution in [3.63, 3.8) is 0 Å². The van der Waals surface area contributed by atoms with Gasteiger partial charge in [0.05, 0.1) is 0 Å². The molecule has 3 rings (SSSR count). The maximum absolute atomic E-state index is 12.4. The lowest BCUT2D eigenvalue weighted by Crippen LogP contribution is -2.41. The molecule has 1 aliphatic rings. The summed E-state index contributed by atoms with van der Waals surface area (Å²) in [5.74, 6) is 1.60. The van der Waals surface area contributed by atoms with Crippen LogP contribution in [-0.4, -0.2) is 49.6 Å². The first-order valence-corrected chi connectivity index (χ1v) is 10.0. The SMILES string of the molecule is CN(C)c1cc(N(C)C2CCC(NCc3cccc(OC(F)(F)F)c3)CC2)ncn1. The van der Waals surface area contributed by atoms with Crippen LogP contribution < -0.4 is 19.9 Å². The highest BCUT2D eigenvalue weighted by Crippen LogP contribution is 2.27. The van der Waals surface area contributed by atoms with Crippen molar-refractivity contribution in [2.24, 2.45) is 0 Å². The van der Waals surface area contributed by atoms with Gasteiger partial charge in [-0.05, 0) is 43.4 Å². The van der Waals surface area contributed by atoms with Crippen LogP contribution in [0.15, 0.2) is 36.7 Å². The molecule has 1 saturated carbocycles. The molecule has 0 aliphatic heterocycles. The summed E-state index contributed by atoms with van der Waals surface area (Å²) in [6.45, 7) is 0.512. The van der Waals surface area contributed by atoms with Gasteiger partial charge in [-0.25, -0.2) is 9.97 Å². The largest absolute Gasteiger partial charge is 0.573 e. The summed E-state index contributed by atoms with van der Waals surface area (Å²) in [6.07, 6.45) is 0.955. The highest BCUT2D eigenvalue weighted by Gasteiger charge is 2.31. The number of nitrogens with zero attached hydrogens (tertiary/aromatic N) is 4. The number of hydrogen-bond donors (Lipinski definition) is 1. The second kappa shape index (κ2) is 9.51. The van der Waals surface area contributed by atoms with Crippen molar-refractivity contribution in [3.8, 4) is 5.75 Å². The normalized spacial score (nSPS) is 19.4. The summed E-state index contributed by atoms with van der Waals surface area (Å²) in [5, 5.41) is 3.46. The third-order valence-electron chi connectivity index (χ3n) is 5.43. The number of aromatic nitrogens is 2. The third-order valence-corrected chi connectivity index (χ3v) is 5.43. The standard InChI is InChI=1S/C21H28F3N5O/c1-28(2)19-12-20(27-14-26-19)29(3)17-9-7-16(8-10-17)25-13-15-5-4-6-18(11-15)30-21(22,23)24/h4-6,11-12,14,16-17,25H,7-10,13H2,1-3H3. The summed E-state index contributed by atoms with van der Waals surface area (Å²) >= 11 is 0. The van der Waals surface area contributed by atoms with Crippen LogP contribution in [-0.2, 0) is 6.54 Å². The third kappa shape index (κ3) is 6.22. The van der Waals surface area contributed by atoms with E-state index in [4.69, 9.17) is 0 Å². The van der Waals surface area contributed by atoms with Gasteiger partial charge in [0.2, 0.25) is 0 Å². The summed E-state index contributed by atoms with van der Waals surface area (Å²) in [4.78, 5) is 12.8. The van der Waals surface area contributed by atoms with Gasteiger partial charge in [-0.1, -0.05) is 12.1 Å². The quantitative estimate of drug-likeness (QED) is 0.727. The summed E-state index contributed by atoms with van der Waals surface area (Å²) < 4.78 is 41.1. The minimum atomic E-state index is -4.67. The van der Waals surface area contributed by atoms with Gasteiger partial charge in [0, 0.05) is 45.8 Å². The molecule has 0 unspecified atom stereocenters. The molecular weight excluding hydrogens is 395 g/mol. The minimum Gasteiger partial charge on any atom is -0.406 e. The van der Waals surface area contributed by atoms with Gasteiger partial charge in [0.25, 0.3) is 0 Å². The average Bonchev–Trinajstić information content (AvgIpc) is 2.71. The van der Waals surface area contributed by atoms with Crippen LogP contribution in [0.3, 0.4) is 0 Å². The van der Waals surface area contributed by atoms with Crippen LogP contribution in [0.2, 0.25) is 0 Å². The fraction of sp³-hybridized carbons (Fsp3) is 0.524. The van der Waals surface area contributed by atoms with Gasteiger partial charge in [-0.3, -0.25) is 0 Å². The van der Waals surface area contributed by atoms with E-state index in [1.54, 1.807) is 18.5 Å². The molecule has 164 valence electrons. The molecule has 9 heteroatoms. The molecule has 0 atom stereocenters. The van der Waals surface area contributed by atoms with Gasteiger partial charge >= 0.3 is 6.36 Å². The molecule has 1 aromatic carbocycles. The van der Waals surface area contributed by atoms with Crippen molar-refractivity contribution in [1.29, 1.82) is 0 Å². The van der Waals surface area contributed by atoms with Crippen LogP contribution in [0, 0.1) is 0 Å². The zero-order chi connectivity index (χ0) is 21.7. The minimum absolute atomic E-state index is 0.186. The van der Waals surface area contributed by atoms with E-state index in [1.165, 1.54) is 12.1 Å². The van der Waals surface area contributed by atoms with Crippen LogP contribution in [0.1, 0.15) is 31.2 Å². The second-order valence-electron chi connectivity index (χ2n) is 7.82. The van der Waals surface area contributed by atoms with E-state index in [2.05, 4.69) is 32.0 Å². The first-order chi connectivity index (χ1) is 14.2. The molecule has 2 aromatic rings. The van der Waals surface area contributed by atoms with E-state index < -0.39 is 6.36 Å². The number of hydrogen-bond acceptors (Lipinski definition) is 6. The average molecular weight is 423 g/mol. The Hall–Kier alpha value is -2.55. The van der Waals surface area contributed by atoms with Crippen LogP contribution in [0.4, 0.5) is 24.8 Å². The fourth-order valence-corrected chi connectivity index (χ4v) is 3.74. The zero-order valence-corrected chi connectivity index (χ0v) is 17.5. The Morgan fingerprint density at radius 1 is 1.03 bits per heavy atom. The maximum atomic E-state index is 12.4. The summed E-state index contributed by atoms with van der Waals surface area (Å²) in [6, 6.07) is 8.84. The predicted molar refractivity (Wildman–Crippen MR) is 111 cm³/mol. The highest BCUT2D eigenvalue weighted by molar-refractivity contribution is 5.49. The monoisotopic (exact) mass is 423 g/mol. The summed E-state index contributed by atoms with van der Waals surface area (Å²) in [7, 11) is 5.97. The molecule has 1 aliphatic carbocycles. The van der Waals surface area contributed by atoms with Crippen molar-refractivity contribution in [1.82, 2.24) is 15.3 Å². The molecule has 1 N–H and O–H groups in total. The highest BCUT2D eigenvalue weighted by atomic mass is 19.4. The lowest BCUT2D eigenvalue weighted by molar-refractivity contribution is -0.274. The lowest BCUT2D eigenvalue weighted by Gasteiger charge is -2.35. The molecule has 30 heavy (non-hydrogen) atoms. The Labute approximate surface area is 175 Å². The molecular formula is C21H28F3N5O. The van der Waals surface area contributed by atoms with E-state index >= 15 is 0 Å². The molecule has 6 nitrogen and oxygen atoms in total. The van der Waals surface area contributed by atoms with Crippen LogP contribution in [0.5, 0.6) is 5.75 Å². The second-order valence-corrected chi connectivity index (χ2v) is 7.82. The number of alkyl halides is 3. The zero-order valence-electron chi connectivity index (χ0n) is 17.5. The summed E-state index contributed by atoms with van der Waals surface area (Å²) in [5.41, 5.74) is 0.771. The first-order valence-electron chi connectivity index (χ1n) is 10.0. The molecule has 1 fully saturated rings. The van der Waals surface area contributed by atoms with Gasteiger partial charge < -0.3 is 19.9 Å². The Bertz CT molecular complexity index is 822. The molecule has 1 aromatic heterocycles. The van der Waals surface area contributed by atoms with Crippen molar-refractivity contribution in [2.45, 2.75) is 50.7 Å². The molecule has 0 spiro atoms. The smallest absolute Gasteiger partial charge is 0.406 e. The molecule has 0 saturated heterocycles. The number of nitrogens with one attached hydrogen (secondary N) is 1. The Kier molecular flexibility index (Phi) is 7.02. The van der Waals surface area contributed by atoms with Gasteiger partial charge in [0.15, 0.2) is 0 Å². The van der Waals surface area contributed by atoms with E-state index in [0.29, 0.717) is 18.6 Å². The van der Waals surface area contributed by atoms with Crippen LogP contribution in [0.25, 0.3) is 0 Å². The molecule has 1 heterocycles. The van der Waals surface area contributed by atoms with Crippen molar-refractivity contribution >= 4 is 11.6 Å². The molecule has 0 radical (unpaired) electrons. The van der Waals surface area contributed by atoms with Gasteiger partial charge in [0.1, 0.15) is 23.7 Å². The van der Waals surface area contributed by atoms with E-state index in [-0.39, 0.29) is 5.75 Å². The number of benzene rings is 1. The van der Waals surface area contributed by atoms with Crippen molar-refractivity contribution < 1.29 is 17.9 Å². The predicted octanol–water partition coefficient (Wildman–Crippen LogP) is 3.98. The van der Waals surface area contributed by atoms with E-state index in [9.17, 15) is 13.2 Å². The number of anilines is 2. The van der Waals surface area contributed by atoms with Crippen LogP contribution >= 0.6 is 0 Å². The fourth-order valence-electron chi connectivity index (χ4n) is 3.74. The molecule has 0 bridgehead atoms. The topological polar surface area (TPSA) is 53.5 Å². The van der Waals surface area contributed by atoms with Crippen molar-refractivity contribution in [2.75, 3.05) is 30.9 Å². The number of rotatable bonds is 7. The van der Waals surface area contributed by atoms with Crippen molar-refractivity contribution in [3.05, 3.63) is 42.2 Å². The van der Waals surface area contributed by atoms with Gasteiger partial charge in [-0.2, -0.15) is 0 Å². The first kappa shape index (κ1) is 22.1. The Balaban J connectivity index is 1.49. The van der Waals surface area contributed by atoms with Gasteiger partial charge in [-0.15, -0.1) is 13.2 Å². The lowest BCUT2D eigenvalue weighted by atomic mass is 9.90. The number of halogens is 3.